The number of anilines is 1. The summed E-state index contributed by atoms with van der Waals surface area (Å²) in [6.07, 6.45) is 0. The average Bonchev–Trinajstić information content (AvgIpc) is 2.74. The Bertz CT molecular complexity index is 1030. The van der Waals surface area contributed by atoms with Crippen LogP contribution in [0.25, 0.3) is 11.1 Å². The van der Waals surface area contributed by atoms with E-state index in [1.54, 1.807) is 12.1 Å². The van der Waals surface area contributed by atoms with Gasteiger partial charge in [0.15, 0.2) is 0 Å². The Morgan fingerprint density at radius 3 is 2.11 bits per heavy atom. The van der Waals surface area contributed by atoms with Gasteiger partial charge in [-0.05, 0) is 29.3 Å². The molecule has 0 heterocycles. The number of nitro groups is 1. The maximum atomic E-state index is 12.5. The first-order valence-corrected chi connectivity index (χ1v) is 8.32. The highest BCUT2D eigenvalue weighted by molar-refractivity contribution is 6.06. The summed E-state index contributed by atoms with van der Waals surface area (Å²) >= 11 is 0. The van der Waals surface area contributed by atoms with Crippen LogP contribution in [0.2, 0.25) is 0 Å². The van der Waals surface area contributed by atoms with Crippen molar-refractivity contribution in [3.8, 4) is 11.1 Å². The van der Waals surface area contributed by atoms with Crippen LogP contribution in [0.1, 0.15) is 20.7 Å². The van der Waals surface area contributed by atoms with Crippen molar-refractivity contribution >= 4 is 23.3 Å². The van der Waals surface area contributed by atoms with E-state index in [-0.39, 0.29) is 16.8 Å². The fourth-order valence-corrected chi connectivity index (χ4v) is 2.66. The molecule has 1 amide bonds. The van der Waals surface area contributed by atoms with E-state index in [1.807, 2.05) is 42.5 Å². The molecule has 28 heavy (non-hydrogen) atoms. The molecule has 3 aromatic carbocycles. The van der Waals surface area contributed by atoms with Crippen molar-refractivity contribution in [3.05, 3.63) is 94.0 Å². The van der Waals surface area contributed by atoms with E-state index < -0.39 is 16.8 Å². The fourth-order valence-electron chi connectivity index (χ4n) is 2.66. The predicted molar refractivity (Wildman–Crippen MR) is 104 cm³/mol. The normalized spacial score (nSPS) is 10.2. The van der Waals surface area contributed by atoms with Gasteiger partial charge in [-0.15, -0.1) is 0 Å². The van der Waals surface area contributed by atoms with Gasteiger partial charge in [0.25, 0.3) is 11.6 Å². The van der Waals surface area contributed by atoms with E-state index in [0.717, 1.165) is 30.4 Å². The topological polar surface area (TPSA) is 98.5 Å². The third kappa shape index (κ3) is 4.21. The second-order valence-electron chi connectivity index (χ2n) is 5.91. The molecule has 1 N–H and O–H groups in total. The second-order valence-corrected chi connectivity index (χ2v) is 5.91. The van der Waals surface area contributed by atoms with E-state index in [0.29, 0.717) is 5.69 Å². The quantitative estimate of drug-likeness (QED) is 0.407. The number of carbonyl (C=O) groups is 2. The monoisotopic (exact) mass is 376 g/mol. The number of hydrogen-bond donors (Lipinski definition) is 1. The number of hydrogen-bond acceptors (Lipinski definition) is 5. The van der Waals surface area contributed by atoms with Gasteiger partial charge in [-0.3, -0.25) is 14.9 Å². The minimum absolute atomic E-state index is 0.0123. The molecule has 3 aromatic rings. The number of non-ortho nitro benzene ring substituents is 1. The zero-order valence-electron chi connectivity index (χ0n) is 14.9. The van der Waals surface area contributed by atoms with E-state index in [4.69, 9.17) is 0 Å². The smallest absolute Gasteiger partial charge is 0.338 e. The average molecular weight is 376 g/mol. The minimum atomic E-state index is -0.759. The number of nitrogens with one attached hydrogen (secondary N) is 1. The highest BCUT2D eigenvalue weighted by atomic mass is 16.6. The van der Waals surface area contributed by atoms with Crippen molar-refractivity contribution in [1.29, 1.82) is 0 Å². The van der Waals surface area contributed by atoms with Crippen LogP contribution in [-0.4, -0.2) is 23.9 Å². The highest BCUT2D eigenvalue weighted by Crippen LogP contribution is 2.22. The molecule has 0 spiro atoms. The van der Waals surface area contributed by atoms with Crippen LogP contribution in [0.15, 0.2) is 72.8 Å². The molecular weight excluding hydrogens is 360 g/mol. The second kappa shape index (κ2) is 8.13. The lowest BCUT2D eigenvalue weighted by atomic mass is 10.1. The molecule has 0 bridgehead atoms. The Morgan fingerprint density at radius 2 is 1.50 bits per heavy atom. The highest BCUT2D eigenvalue weighted by Gasteiger charge is 2.18. The van der Waals surface area contributed by atoms with Crippen LogP contribution in [0, 0.1) is 10.1 Å². The number of rotatable bonds is 5. The summed E-state index contributed by atoms with van der Waals surface area (Å²) in [5.74, 6) is -1.33. The number of benzene rings is 3. The summed E-state index contributed by atoms with van der Waals surface area (Å²) in [5.41, 5.74) is 2.11. The number of amides is 1. The fraction of sp³-hybridized carbons (Fsp3) is 0.0476. The van der Waals surface area contributed by atoms with E-state index >= 15 is 0 Å². The van der Waals surface area contributed by atoms with Gasteiger partial charge in [0.1, 0.15) is 0 Å². The Balaban J connectivity index is 1.83. The van der Waals surface area contributed by atoms with Crippen molar-refractivity contribution in [3.63, 3.8) is 0 Å². The third-order valence-corrected chi connectivity index (χ3v) is 4.06. The Kier molecular flexibility index (Phi) is 5.45. The Morgan fingerprint density at radius 1 is 0.893 bits per heavy atom. The van der Waals surface area contributed by atoms with Crippen LogP contribution in [-0.2, 0) is 4.74 Å². The molecule has 0 aromatic heterocycles. The SMILES string of the molecule is COC(=O)c1cc(C(=O)Nc2ccc(-c3ccccc3)cc2)cc([N+](=O)[O-])c1. The Labute approximate surface area is 160 Å². The van der Waals surface area contributed by atoms with Crippen molar-refractivity contribution in [2.45, 2.75) is 0 Å². The first kappa shape index (κ1) is 18.8. The summed E-state index contributed by atoms with van der Waals surface area (Å²) in [6.45, 7) is 0. The molecule has 7 nitrogen and oxygen atoms in total. The van der Waals surface area contributed by atoms with Gasteiger partial charge in [-0.2, -0.15) is 0 Å². The molecule has 0 saturated carbocycles. The lowest BCUT2D eigenvalue weighted by molar-refractivity contribution is -0.384. The van der Waals surface area contributed by atoms with Crippen LogP contribution in [0.3, 0.4) is 0 Å². The Hall–Kier alpha value is -4.00. The van der Waals surface area contributed by atoms with Gasteiger partial charge >= 0.3 is 5.97 Å². The van der Waals surface area contributed by atoms with Crippen LogP contribution in [0.5, 0.6) is 0 Å². The van der Waals surface area contributed by atoms with Gasteiger partial charge in [0.2, 0.25) is 0 Å². The molecule has 0 aliphatic rings. The lowest BCUT2D eigenvalue weighted by Crippen LogP contribution is -2.14. The molecule has 0 radical (unpaired) electrons. The largest absolute Gasteiger partial charge is 0.465 e. The zero-order chi connectivity index (χ0) is 20.1. The van der Waals surface area contributed by atoms with Crippen LogP contribution >= 0.6 is 0 Å². The number of methoxy groups -OCH3 is 1. The number of carbonyl (C=O) groups excluding carboxylic acids is 2. The lowest BCUT2D eigenvalue weighted by Gasteiger charge is -2.08. The predicted octanol–water partition coefficient (Wildman–Crippen LogP) is 4.30. The van der Waals surface area contributed by atoms with E-state index in [2.05, 4.69) is 10.1 Å². The maximum Gasteiger partial charge on any atom is 0.338 e. The molecule has 140 valence electrons. The molecule has 0 fully saturated rings. The van der Waals surface area contributed by atoms with Crippen molar-refractivity contribution in [2.24, 2.45) is 0 Å². The number of nitrogens with zero attached hydrogens (tertiary/aromatic N) is 1. The molecule has 0 unspecified atom stereocenters. The van der Waals surface area contributed by atoms with Gasteiger partial charge in [0.05, 0.1) is 17.6 Å². The van der Waals surface area contributed by atoms with E-state index in [9.17, 15) is 19.7 Å². The first-order chi connectivity index (χ1) is 13.5. The summed E-state index contributed by atoms with van der Waals surface area (Å²) in [4.78, 5) is 34.7. The first-order valence-electron chi connectivity index (χ1n) is 8.32. The standard InChI is InChI=1S/C21H16N2O5/c1-28-21(25)17-11-16(12-19(13-17)23(26)27)20(24)22-18-9-7-15(8-10-18)14-5-3-2-4-6-14/h2-13H,1H3,(H,22,24). The third-order valence-electron chi connectivity index (χ3n) is 4.06. The zero-order valence-corrected chi connectivity index (χ0v) is 14.9. The van der Waals surface area contributed by atoms with Crippen molar-refractivity contribution in [1.82, 2.24) is 0 Å². The van der Waals surface area contributed by atoms with Crippen LogP contribution < -0.4 is 5.32 Å². The van der Waals surface area contributed by atoms with Gasteiger partial charge < -0.3 is 10.1 Å². The summed E-state index contributed by atoms with van der Waals surface area (Å²) in [5, 5.41) is 13.8. The number of ether oxygens (including phenoxy) is 1. The van der Waals surface area contributed by atoms with Crippen molar-refractivity contribution < 1.29 is 19.2 Å². The van der Waals surface area contributed by atoms with Gasteiger partial charge in [-0.1, -0.05) is 42.5 Å². The summed E-state index contributed by atoms with van der Waals surface area (Å²) in [7, 11) is 1.16. The van der Waals surface area contributed by atoms with Crippen molar-refractivity contribution in [2.75, 3.05) is 12.4 Å². The maximum absolute atomic E-state index is 12.5. The molecule has 0 aliphatic carbocycles. The van der Waals surface area contributed by atoms with Crippen LogP contribution in [0.4, 0.5) is 11.4 Å². The van der Waals surface area contributed by atoms with Gasteiger partial charge in [0, 0.05) is 23.4 Å². The van der Waals surface area contributed by atoms with Gasteiger partial charge in [-0.25, -0.2) is 4.79 Å². The molecule has 0 atom stereocenters. The molecule has 0 aliphatic heterocycles. The molecular formula is C21H16N2O5. The molecule has 3 rings (SSSR count). The number of nitro benzene ring substituents is 1. The molecule has 7 heteroatoms. The summed E-state index contributed by atoms with van der Waals surface area (Å²) < 4.78 is 4.59. The number of esters is 1. The molecule has 0 saturated heterocycles. The van der Waals surface area contributed by atoms with E-state index in [1.165, 1.54) is 6.07 Å². The minimum Gasteiger partial charge on any atom is -0.465 e. The summed E-state index contributed by atoms with van der Waals surface area (Å²) in [6, 6.07) is 20.4.